The van der Waals surface area contributed by atoms with E-state index in [0.29, 0.717) is 12.1 Å². The highest BCUT2D eigenvalue weighted by atomic mass is 35.5. The lowest BCUT2D eigenvalue weighted by molar-refractivity contribution is 0.0985. The number of nitrogens with zero attached hydrogens (tertiary/aromatic N) is 3. The van der Waals surface area contributed by atoms with Gasteiger partial charge >= 0.3 is 0 Å². The largest absolute Gasteiger partial charge is 0.308 e. The molecule has 144 valence electrons. The first kappa shape index (κ1) is 21.7. The molecule has 0 radical (unpaired) electrons. The van der Waals surface area contributed by atoms with E-state index in [1.807, 2.05) is 51.4 Å². The molecular weight excluding hydrogens is 398 g/mol. The van der Waals surface area contributed by atoms with Crippen molar-refractivity contribution in [3.05, 3.63) is 53.6 Å². The normalized spacial score (nSPS) is 10.9. The highest BCUT2D eigenvalue weighted by Gasteiger charge is 2.22. The molecule has 0 aliphatic heterocycles. The molecule has 0 fully saturated rings. The molecule has 0 atom stereocenters. The molecule has 0 saturated heterocycles. The third kappa shape index (κ3) is 5.02. The van der Waals surface area contributed by atoms with Crippen LogP contribution in [0, 0.1) is 6.92 Å². The first-order chi connectivity index (χ1) is 12.5. The SMILES string of the molecule is CSc1cccc2sc(N(CCN(C)C)C(=O)c3ccc(C)cc3)nc12.Cl. The molecule has 0 aliphatic carbocycles. The zero-order valence-electron chi connectivity index (χ0n) is 15.9. The number of thioether (sulfide) groups is 1. The van der Waals surface area contributed by atoms with Crippen molar-refractivity contribution < 1.29 is 4.79 Å². The Morgan fingerprint density at radius 3 is 2.44 bits per heavy atom. The molecule has 0 spiro atoms. The summed E-state index contributed by atoms with van der Waals surface area (Å²) in [7, 11) is 4.03. The van der Waals surface area contributed by atoms with Gasteiger partial charge in [0.2, 0.25) is 0 Å². The summed E-state index contributed by atoms with van der Waals surface area (Å²) in [5.74, 6) is -0.00314. The second-order valence-corrected chi connectivity index (χ2v) is 8.29. The molecule has 3 aromatic rings. The van der Waals surface area contributed by atoms with Gasteiger partial charge in [0.15, 0.2) is 5.13 Å². The first-order valence-electron chi connectivity index (χ1n) is 8.46. The van der Waals surface area contributed by atoms with Gasteiger partial charge in [0.25, 0.3) is 5.91 Å². The fourth-order valence-corrected chi connectivity index (χ4v) is 4.27. The summed E-state index contributed by atoms with van der Waals surface area (Å²) in [6.45, 7) is 3.41. The van der Waals surface area contributed by atoms with E-state index in [2.05, 4.69) is 23.3 Å². The summed E-state index contributed by atoms with van der Waals surface area (Å²) in [5, 5.41) is 0.758. The maximum Gasteiger partial charge on any atom is 0.260 e. The number of hydrogen-bond donors (Lipinski definition) is 0. The second kappa shape index (κ2) is 9.55. The van der Waals surface area contributed by atoms with Gasteiger partial charge in [-0.2, -0.15) is 0 Å². The molecular formula is C20H24ClN3OS2. The molecule has 1 heterocycles. The predicted octanol–water partition coefficient (Wildman–Crippen LogP) is 4.96. The van der Waals surface area contributed by atoms with Gasteiger partial charge < -0.3 is 4.90 Å². The van der Waals surface area contributed by atoms with Crippen molar-refractivity contribution in [2.75, 3.05) is 38.3 Å². The number of carbonyl (C=O) groups is 1. The molecule has 0 N–H and O–H groups in total. The number of anilines is 1. The van der Waals surface area contributed by atoms with Crippen LogP contribution in [0.5, 0.6) is 0 Å². The van der Waals surface area contributed by atoms with Crippen molar-refractivity contribution in [3.63, 3.8) is 0 Å². The fraction of sp³-hybridized carbons (Fsp3) is 0.300. The van der Waals surface area contributed by atoms with Crippen molar-refractivity contribution in [1.82, 2.24) is 9.88 Å². The van der Waals surface area contributed by atoms with Crippen LogP contribution >= 0.6 is 35.5 Å². The van der Waals surface area contributed by atoms with Gasteiger partial charge in [0.05, 0.1) is 10.2 Å². The number of halogens is 1. The number of likely N-dealkylation sites (N-methyl/N-ethyl adjacent to an activating group) is 1. The van der Waals surface area contributed by atoms with Gasteiger partial charge in [-0.3, -0.25) is 9.69 Å². The Hall–Kier alpha value is -1.60. The van der Waals surface area contributed by atoms with Crippen molar-refractivity contribution in [2.24, 2.45) is 0 Å². The van der Waals surface area contributed by atoms with Crippen LogP contribution in [0.3, 0.4) is 0 Å². The molecule has 3 rings (SSSR count). The van der Waals surface area contributed by atoms with E-state index in [1.54, 1.807) is 28.0 Å². The number of aryl methyl sites for hydroxylation is 1. The first-order valence-corrected chi connectivity index (χ1v) is 10.5. The molecule has 1 aromatic heterocycles. The van der Waals surface area contributed by atoms with E-state index in [-0.39, 0.29) is 18.3 Å². The van der Waals surface area contributed by atoms with Crippen molar-refractivity contribution >= 4 is 56.8 Å². The fourth-order valence-electron chi connectivity index (χ4n) is 2.63. The summed E-state index contributed by atoms with van der Waals surface area (Å²) in [4.78, 5) is 23.0. The van der Waals surface area contributed by atoms with Crippen LogP contribution in [-0.4, -0.2) is 49.2 Å². The molecule has 7 heteroatoms. The Morgan fingerprint density at radius 1 is 1.11 bits per heavy atom. The number of hydrogen-bond acceptors (Lipinski definition) is 5. The van der Waals surface area contributed by atoms with Gasteiger partial charge in [0, 0.05) is 23.5 Å². The average molecular weight is 422 g/mol. The Kier molecular flexibility index (Phi) is 7.68. The number of benzene rings is 2. The minimum atomic E-state index is -0.00314. The third-order valence-corrected chi connectivity index (χ3v) is 5.95. The Labute approximate surface area is 175 Å². The van der Waals surface area contributed by atoms with Gasteiger partial charge in [-0.05, 0) is 51.5 Å². The lowest BCUT2D eigenvalue weighted by atomic mass is 10.1. The van der Waals surface area contributed by atoms with Crippen LogP contribution < -0.4 is 4.90 Å². The molecule has 4 nitrogen and oxygen atoms in total. The van der Waals surface area contributed by atoms with Crippen LogP contribution in [0.1, 0.15) is 15.9 Å². The Bertz CT molecular complexity index is 909. The van der Waals surface area contributed by atoms with Crippen molar-refractivity contribution in [3.8, 4) is 0 Å². The molecule has 0 aliphatic rings. The van der Waals surface area contributed by atoms with Crippen LogP contribution in [-0.2, 0) is 0 Å². The number of rotatable bonds is 6. The van der Waals surface area contributed by atoms with Gasteiger partial charge in [-0.25, -0.2) is 4.98 Å². The third-order valence-electron chi connectivity index (χ3n) is 4.14. The minimum Gasteiger partial charge on any atom is -0.308 e. The number of thiazole rings is 1. The molecule has 1 amide bonds. The molecule has 2 aromatic carbocycles. The lowest BCUT2D eigenvalue weighted by Gasteiger charge is -2.22. The quantitative estimate of drug-likeness (QED) is 0.527. The maximum atomic E-state index is 13.2. The summed E-state index contributed by atoms with van der Waals surface area (Å²) in [6.07, 6.45) is 2.05. The van der Waals surface area contributed by atoms with E-state index < -0.39 is 0 Å². The van der Waals surface area contributed by atoms with Gasteiger partial charge in [-0.1, -0.05) is 35.1 Å². The predicted molar refractivity (Wildman–Crippen MR) is 120 cm³/mol. The van der Waals surface area contributed by atoms with Crippen LogP contribution in [0.15, 0.2) is 47.4 Å². The van der Waals surface area contributed by atoms with Crippen LogP contribution in [0.25, 0.3) is 10.2 Å². The minimum absolute atomic E-state index is 0. The van der Waals surface area contributed by atoms with Crippen LogP contribution in [0.2, 0.25) is 0 Å². The molecule has 0 saturated carbocycles. The van der Waals surface area contributed by atoms with Gasteiger partial charge in [0.1, 0.15) is 0 Å². The van der Waals surface area contributed by atoms with E-state index in [1.165, 1.54) is 0 Å². The van der Waals surface area contributed by atoms with Crippen LogP contribution in [0.4, 0.5) is 5.13 Å². The number of para-hydroxylation sites is 1. The Morgan fingerprint density at radius 2 is 1.81 bits per heavy atom. The zero-order chi connectivity index (χ0) is 18.7. The lowest BCUT2D eigenvalue weighted by Crippen LogP contribution is -2.36. The van der Waals surface area contributed by atoms with E-state index in [4.69, 9.17) is 4.98 Å². The monoisotopic (exact) mass is 421 g/mol. The number of amides is 1. The highest BCUT2D eigenvalue weighted by Crippen LogP contribution is 2.34. The highest BCUT2D eigenvalue weighted by molar-refractivity contribution is 7.98. The van der Waals surface area contributed by atoms with Crippen molar-refractivity contribution in [1.29, 1.82) is 0 Å². The number of fused-ring (bicyclic) bond motifs is 1. The topological polar surface area (TPSA) is 36.4 Å². The number of carbonyl (C=O) groups excluding carboxylic acids is 1. The zero-order valence-corrected chi connectivity index (χ0v) is 18.4. The summed E-state index contributed by atoms with van der Waals surface area (Å²) in [5.41, 5.74) is 2.82. The average Bonchev–Trinajstić information content (AvgIpc) is 3.05. The summed E-state index contributed by atoms with van der Waals surface area (Å²) in [6, 6.07) is 13.9. The molecule has 0 unspecified atom stereocenters. The maximum absolute atomic E-state index is 13.2. The van der Waals surface area contributed by atoms with Crippen molar-refractivity contribution in [2.45, 2.75) is 11.8 Å². The smallest absolute Gasteiger partial charge is 0.260 e. The molecule has 0 bridgehead atoms. The second-order valence-electron chi connectivity index (χ2n) is 6.43. The van der Waals surface area contributed by atoms with Gasteiger partial charge in [-0.15, -0.1) is 24.2 Å². The van der Waals surface area contributed by atoms with E-state index >= 15 is 0 Å². The Balaban J connectivity index is 0.00000261. The standard InChI is InChI=1S/C20H23N3OS2.ClH/c1-14-8-10-15(11-9-14)19(24)23(13-12-22(2)3)20-21-18-16(25-4)6-5-7-17(18)26-20;/h5-11H,12-13H2,1-4H3;1H. The van der Waals surface area contributed by atoms with E-state index in [0.717, 1.165) is 32.4 Å². The summed E-state index contributed by atoms with van der Waals surface area (Å²) >= 11 is 3.26. The molecule has 27 heavy (non-hydrogen) atoms. The summed E-state index contributed by atoms with van der Waals surface area (Å²) < 4.78 is 1.11. The number of aromatic nitrogens is 1. The van der Waals surface area contributed by atoms with E-state index in [9.17, 15) is 4.79 Å².